The molecule has 0 saturated carbocycles. The summed E-state index contributed by atoms with van der Waals surface area (Å²) in [5, 5.41) is 0.388. The summed E-state index contributed by atoms with van der Waals surface area (Å²) in [4.78, 5) is 22.1. The van der Waals surface area contributed by atoms with Gasteiger partial charge in [0.15, 0.2) is 0 Å². The molecule has 1 atom stereocenters. The number of pyridine rings is 2. The van der Waals surface area contributed by atoms with Crippen LogP contribution in [-0.4, -0.2) is 27.8 Å². The quantitative estimate of drug-likeness (QED) is 0.814. The first-order valence-electron chi connectivity index (χ1n) is 6.00. The van der Waals surface area contributed by atoms with Gasteiger partial charge in [-0.3, -0.25) is 9.78 Å². The maximum Gasteiger partial charge on any atom is 0.254 e. The molecule has 104 valence electrons. The van der Waals surface area contributed by atoms with E-state index in [1.54, 1.807) is 18.1 Å². The first-order valence-corrected chi connectivity index (χ1v) is 6.76. The lowest BCUT2D eigenvalue weighted by molar-refractivity contribution is 0.0739. The van der Waals surface area contributed by atoms with Crippen molar-refractivity contribution < 1.29 is 4.79 Å². The third kappa shape index (κ3) is 3.26. The molecule has 0 spiro atoms. The average molecular weight is 310 g/mol. The Balaban J connectivity index is 2.24. The number of carbonyl (C=O) groups is 1. The molecule has 0 radical (unpaired) electrons. The molecule has 0 saturated heterocycles. The second kappa shape index (κ2) is 6.20. The van der Waals surface area contributed by atoms with Crippen molar-refractivity contribution >= 4 is 29.1 Å². The lowest BCUT2D eigenvalue weighted by Gasteiger charge is -2.24. The SMILES string of the molecule is CC(c1ccccn1)N(C)C(=O)c1cc(Cl)nc(Cl)c1. The van der Waals surface area contributed by atoms with Crippen molar-refractivity contribution in [2.45, 2.75) is 13.0 Å². The molecule has 0 bridgehead atoms. The number of hydrogen-bond acceptors (Lipinski definition) is 3. The van der Waals surface area contributed by atoms with E-state index in [4.69, 9.17) is 23.2 Å². The number of nitrogens with zero attached hydrogens (tertiary/aromatic N) is 3. The topological polar surface area (TPSA) is 46.1 Å². The van der Waals surface area contributed by atoms with Crippen molar-refractivity contribution in [1.82, 2.24) is 14.9 Å². The van der Waals surface area contributed by atoms with Crippen LogP contribution < -0.4 is 0 Å². The maximum atomic E-state index is 12.4. The molecular weight excluding hydrogens is 297 g/mol. The van der Waals surface area contributed by atoms with Crippen LogP contribution in [0.1, 0.15) is 29.0 Å². The molecule has 0 aliphatic rings. The summed E-state index contributed by atoms with van der Waals surface area (Å²) < 4.78 is 0. The fourth-order valence-corrected chi connectivity index (χ4v) is 2.25. The van der Waals surface area contributed by atoms with Gasteiger partial charge in [0.25, 0.3) is 5.91 Å². The van der Waals surface area contributed by atoms with Gasteiger partial charge in [-0.15, -0.1) is 0 Å². The Bertz CT molecular complexity index is 599. The predicted molar refractivity (Wildman–Crippen MR) is 79.0 cm³/mol. The Labute approximate surface area is 127 Å². The highest BCUT2D eigenvalue weighted by molar-refractivity contribution is 6.33. The Hall–Kier alpha value is -1.65. The zero-order chi connectivity index (χ0) is 14.7. The summed E-state index contributed by atoms with van der Waals surface area (Å²) in [6.07, 6.45) is 1.70. The van der Waals surface area contributed by atoms with Gasteiger partial charge in [-0.25, -0.2) is 4.98 Å². The van der Waals surface area contributed by atoms with Crippen molar-refractivity contribution in [2.75, 3.05) is 7.05 Å². The Kier molecular flexibility index (Phi) is 4.57. The summed E-state index contributed by atoms with van der Waals surface area (Å²) in [6.45, 7) is 1.91. The predicted octanol–water partition coefficient (Wildman–Crippen LogP) is 3.62. The van der Waals surface area contributed by atoms with E-state index in [9.17, 15) is 4.79 Å². The molecule has 2 aromatic heterocycles. The molecule has 0 fully saturated rings. The molecule has 1 amide bonds. The average Bonchev–Trinajstić information content (AvgIpc) is 2.45. The number of carbonyl (C=O) groups excluding carboxylic acids is 1. The third-order valence-corrected chi connectivity index (χ3v) is 3.41. The molecule has 2 rings (SSSR count). The lowest BCUT2D eigenvalue weighted by Crippen LogP contribution is -2.30. The van der Waals surface area contributed by atoms with Gasteiger partial charge in [0.2, 0.25) is 0 Å². The Morgan fingerprint density at radius 2 is 1.90 bits per heavy atom. The van der Waals surface area contributed by atoms with Crippen LogP contribution in [0, 0.1) is 0 Å². The van der Waals surface area contributed by atoms with E-state index < -0.39 is 0 Å². The highest BCUT2D eigenvalue weighted by Crippen LogP contribution is 2.21. The van der Waals surface area contributed by atoms with Crippen LogP contribution in [0.3, 0.4) is 0 Å². The monoisotopic (exact) mass is 309 g/mol. The number of hydrogen-bond donors (Lipinski definition) is 0. The van der Waals surface area contributed by atoms with E-state index in [2.05, 4.69) is 9.97 Å². The van der Waals surface area contributed by atoms with Gasteiger partial charge < -0.3 is 4.90 Å². The van der Waals surface area contributed by atoms with Gasteiger partial charge in [0, 0.05) is 18.8 Å². The molecule has 1 unspecified atom stereocenters. The van der Waals surface area contributed by atoms with E-state index in [1.165, 1.54) is 12.1 Å². The summed E-state index contributed by atoms with van der Waals surface area (Å²) in [5.41, 5.74) is 1.22. The van der Waals surface area contributed by atoms with E-state index >= 15 is 0 Å². The lowest BCUT2D eigenvalue weighted by atomic mass is 10.1. The van der Waals surface area contributed by atoms with Gasteiger partial charge in [0.05, 0.1) is 11.7 Å². The highest BCUT2D eigenvalue weighted by Gasteiger charge is 2.20. The summed E-state index contributed by atoms with van der Waals surface area (Å²) in [7, 11) is 1.71. The van der Waals surface area contributed by atoms with E-state index in [0.717, 1.165) is 5.69 Å². The van der Waals surface area contributed by atoms with Crippen molar-refractivity contribution in [3.63, 3.8) is 0 Å². The van der Waals surface area contributed by atoms with Crippen LogP contribution in [0.25, 0.3) is 0 Å². The Morgan fingerprint density at radius 3 is 2.45 bits per heavy atom. The molecule has 20 heavy (non-hydrogen) atoms. The first-order chi connectivity index (χ1) is 9.49. The van der Waals surface area contributed by atoms with Crippen molar-refractivity contribution in [1.29, 1.82) is 0 Å². The largest absolute Gasteiger partial charge is 0.333 e. The minimum Gasteiger partial charge on any atom is -0.333 e. The standard InChI is InChI=1S/C14H13Cl2N3O/c1-9(11-5-3-4-6-17-11)19(2)14(20)10-7-12(15)18-13(16)8-10/h3-9H,1-2H3. The highest BCUT2D eigenvalue weighted by atomic mass is 35.5. The fraction of sp³-hybridized carbons (Fsp3) is 0.214. The van der Waals surface area contributed by atoms with Crippen molar-refractivity contribution in [2.24, 2.45) is 0 Å². The fourth-order valence-electron chi connectivity index (χ4n) is 1.79. The molecule has 0 aliphatic carbocycles. The van der Waals surface area contributed by atoms with Crippen LogP contribution in [0.2, 0.25) is 10.3 Å². The zero-order valence-corrected chi connectivity index (χ0v) is 12.6. The summed E-state index contributed by atoms with van der Waals surface area (Å²) in [5.74, 6) is -0.186. The number of rotatable bonds is 3. The zero-order valence-electron chi connectivity index (χ0n) is 11.0. The third-order valence-electron chi connectivity index (χ3n) is 3.03. The van der Waals surface area contributed by atoms with Crippen molar-refractivity contribution in [3.8, 4) is 0 Å². The molecule has 0 aliphatic heterocycles. The smallest absolute Gasteiger partial charge is 0.254 e. The molecule has 0 N–H and O–H groups in total. The van der Waals surface area contributed by atoms with Gasteiger partial charge in [-0.1, -0.05) is 29.3 Å². The number of halogens is 2. The summed E-state index contributed by atoms with van der Waals surface area (Å²) >= 11 is 11.6. The van der Waals surface area contributed by atoms with Crippen LogP contribution in [0.5, 0.6) is 0 Å². The van der Waals surface area contributed by atoms with Crippen molar-refractivity contribution in [3.05, 3.63) is 58.1 Å². The summed E-state index contributed by atoms with van der Waals surface area (Å²) in [6, 6.07) is 8.43. The van der Waals surface area contributed by atoms with E-state index in [0.29, 0.717) is 5.56 Å². The van der Waals surface area contributed by atoms with Gasteiger partial charge in [-0.2, -0.15) is 0 Å². The first kappa shape index (κ1) is 14.8. The van der Waals surface area contributed by atoms with E-state index in [1.807, 2.05) is 25.1 Å². The van der Waals surface area contributed by atoms with E-state index in [-0.39, 0.29) is 22.3 Å². The minimum atomic E-state index is -0.186. The van der Waals surface area contributed by atoms with Gasteiger partial charge in [0.1, 0.15) is 10.3 Å². The van der Waals surface area contributed by atoms with Crippen LogP contribution >= 0.6 is 23.2 Å². The molecule has 2 heterocycles. The molecule has 6 heteroatoms. The second-order valence-electron chi connectivity index (χ2n) is 4.35. The Morgan fingerprint density at radius 1 is 1.25 bits per heavy atom. The van der Waals surface area contributed by atoms with Gasteiger partial charge in [-0.05, 0) is 31.2 Å². The second-order valence-corrected chi connectivity index (χ2v) is 5.12. The number of amides is 1. The van der Waals surface area contributed by atoms with Crippen LogP contribution in [-0.2, 0) is 0 Å². The maximum absolute atomic E-state index is 12.4. The number of aromatic nitrogens is 2. The molecule has 2 aromatic rings. The van der Waals surface area contributed by atoms with Crippen LogP contribution in [0.15, 0.2) is 36.5 Å². The normalized spacial score (nSPS) is 12.0. The van der Waals surface area contributed by atoms with Gasteiger partial charge >= 0.3 is 0 Å². The molecular formula is C14H13Cl2N3O. The molecule has 4 nitrogen and oxygen atoms in total. The van der Waals surface area contributed by atoms with Crippen LogP contribution in [0.4, 0.5) is 0 Å². The molecule has 0 aromatic carbocycles. The minimum absolute atomic E-state index is 0.158.